The van der Waals surface area contributed by atoms with E-state index in [0.29, 0.717) is 5.56 Å². The molecule has 0 spiro atoms. The van der Waals surface area contributed by atoms with Gasteiger partial charge in [-0.15, -0.1) is 0 Å². The summed E-state index contributed by atoms with van der Waals surface area (Å²) in [6.07, 6.45) is 8.53. The molecule has 0 aromatic heterocycles. The van der Waals surface area contributed by atoms with E-state index in [2.05, 4.69) is 19.1 Å². The first kappa shape index (κ1) is 17.3. The molecule has 2 rings (SSSR count). The van der Waals surface area contributed by atoms with Gasteiger partial charge in [-0.1, -0.05) is 75.4 Å². The zero-order chi connectivity index (χ0) is 16.3. The molecule has 2 heteroatoms. The SMILES string of the molecule is CCCCCCCCOc1ccc(-c2ccc(C=O)cc2)cc1. The molecule has 0 atom stereocenters. The lowest BCUT2D eigenvalue weighted by Gasteiger charge is -2.08. The highest BCUT2D eigenvalue weighted by Gasteiger charge is 1.99. The van der Waals surface area contributed by atoms with E-state index in [1.165, 1.54) is 32.1 Å². The molecule has 0 bridgehead atoms. The van der Waals surface area contributed by atoms with Crippen LogP contribution in [-0.2, 0) is 0 Å². The van der Waals surface area contributed by atoms with Crippen molar-refractivity contribution in [1.82, 2.24) is 0 Å². The molecule has 0 fully saturated rings. The monoisotopic (exact) mass is 310 g/mol. The quantitative estimate of drug-likeness (QED) is 0.403. The van der Waals surface area contributed by atoms with Crippen LogP contribution in [0.1, 0.15) is 55.8 Å². The summed E-state index contributed by atoms with van der Waals surface area (Å²) in [7, 11) is 0. The van der Waals surface area contributed by atoms with Crippen molar-refractivity contribution in [3.8, 4) is 16.9 Å². The van der Waals surface area contributed by atoms with Crippen molar-refractivity contribution in [2.45, 2.75) is 45.4 Å². The average Bonchev–Trinajstić information content (AvgIpc) is 2.61. The van der Waals surface area contributed by atoms with E-state index in [0.717, 1.165) is 36.2 Å². The van der Waals surface area contributed by atoms with Crippen molar-refractivity contribution < 1.29 is 9.53 Å². The predicted molar refractivity (Wildman–Crippen MR) is 96.1 cm³/mol. The maximum Gasteiger partial charge on any atom is 0.150 e. The molecule has 0 amide bonds. The Labute approximate surface area is 139 Å². The molecule has 0 aliphatic carbocycles. The van der Waals surface area contributed by atoms with Crippen LogP contribution in [0.2, 0.25) is 0 Å². The number of carbonyl (C=O) groups is 1. The first-order chi connectivity index (χ1) is 11.3. The van der Waals surface area contributed by atoms with Crippen LogP contribution in [-0.4, -0.2) is 12.9 Å². The van der Waals surface area contributed by atoms with E-state index in [9.17, 15) is 4.79 Å². The molecular weight excluding hydrogens is 284 g/mol. The Morgan fingerprint density at radius 2 is 1.35 bits per heavy atom. The fourth-order valence-electron chi connectivity index (χ4n) is 2.57. The van der Waals surface area contributed by atoms with Crippen LogP contribution < -0.4 is 4.74 Å². The van der Waals surface area contributed by atoms with Gasteiger partial charge in [0.1, 0.15) is 12.0 Å². The lowest BCUT2D eigenvalue weighted by atomic mass is 10.0. The smallest absolute Gasteiger partial charge is 0.150 e. The third-order valence-electron chi connectivity index (χ3n) is 4.00. The fraction of sp³-hybridized carbons (Fsp3) is 0.381. The molecule has 0 saturated carbocycles. The maximum absolute atomic E-state index is 10.7. The third kappa shape index (κ3) is 5.90. The number of ether oxygens (including phenoxy) is 1. The molecule has 2 aromatic carbocycles. The Morgan fingerprint density at radius 1 is 0.783 bits per heavy atom. The van der Waals surface area contributed by atoms with Crippen LogP contribution in [0, 0.1) is 0 Å². The summed E-state index contributed by atoms with van der Waals surface area (Å²) in [5, 5.41) is 0. The van der Waals surface area contributed by atoms with Gasteiger partial charge in [0, 0.05) is 5.56 Å². The summed E-state index contributed by atoms with van der Waals surface area (Å²) in [5.41, 5.74) is 2.94. The lowest BCUT2D eigenvalue weighted by Crippen LogP contribution is -1.97. The highest BCUT2D eigenvalue weighted by molar-refractivity contribution is 5.76. The molecule has 0 N–H and O–H groups in total. The summed E-state index contributed by atoms with van der Waals surface area (Å²) in [4.78, 5) is 10.7. The first-order valence-corrected chi connectivity index (χ1v) is 8.62. The van der Waals surface area contributed by atoms with Gasteiger partial charge in [-0.2, -0.15) is 0 Å². The summed E-state index contributed by atoms with van der Waals surface area (Å²) in [6, 6.07) is 15.8. The van der Waals surface area contributed by atoms with E-state index in [4.69, 9.17) is 4.74 Å². The minimum Gasteiger partial charge on any atom is -0.494 e. The van der Waals surface area contributed by atoms with Crippen LogP contribution >= 0.6 is 0 Å². The van der Waals surface area contributed by atoms with E-state index in [-0.39, 0.29) is 0 Å². The van der Waals surface area contributed by atoms with Gasteiger partial charge in [-0.3, -0.25) is 4.79 Å². The van der Waals surface area contributed by atoms with Crippen molar-refractivity contribution in [2.75, 3.05) is 6.61 Å². The van der Waals surface area contributed by atoms with Gasteiger partial charge in [0.2, 0.25) is 0 Å². The molecule has 0 heterocycles. The third-order valence-corrected chi connectivity index (χ3v) is 4.00. The maximum atomic E-state index is 10.7. The van der Waals surface area contributed by atoms with Gasteiger partial charge in [-0.25, -0.2) is 0 Å². The molecule has 0 aliphatic rings. The minimum atomic E-state index is 0.702. The van der Waals surface area contributed by atoms with Crippen LogP contribution in [0.25, 0.3) is 11.1 Å². The first-order valence-electron chi connectivity index (χ1n) is 8.62. The summed E-state index contributed by atoms with van der Waals surface area (Å²) < 4.78 is 5.79. The summed E-state index contributed by atoms with van der Waals surface area (Å²) in [5.74, 6) is 0.923. The van der Waals surface area contributed by atoms with Crippen molar-refractivity contribution in [1.29, 1.82) is 0 Å². The van der Waals surface area contributed by atoms with Gasteiger partial charge in [0.15, 0.2) is 0 Å². The van der Waals surface area contributed by atoms with Gasteiger partial charge >= 0.3 is 0 Å². The second kappa shape index (κ2) is 9.83. The molecule has 0 aliphatic heterocycles. The van der Waals surface area contributed by atoms with Gasteiger partial charge in [0.05, 0.1) is 6.61 Å². The molecule has 122 valence electrons. The van der Waals surface area contributed by atoms with Crippen molar-refractivity contribution in [3.63, 3.8) is 0 Å². The number of aldehydes is 1. The number of unbranched alkanes of at least 4 members (excludes halogenated alkanes) is 5. The largest absolute Gasteiger partial charge is 0.494 e. The van der Waals surface area contributed by atoms with E-state index in [1.54, 1.807) is 0 Å². The second-order valence-corrected chi connectivity index (χ2v) is 5.88. The van der Waals surface area contributed by atoms with Crippen LogP contribution in [0.4, 0.5) is 0 Å². The summed E-state index contributed by atoms with van der Waals surface area (Å²) in [6.45, 7) is 3.03. The van der Waals surface area contributed by atoms with Crippen molar-refractivity contribution in [3.05, 3.63) is 54.1 Å². The number of hydrogen-bond acceptors (Lipinski definition) is 2. The molecule has 0 radical (unpaired) electrons. The zero-order valence-corrected chi connectivity index (χ0v) is 14.0. The Morgan fingerprint density at radius 3 is 1.96 bits per heavy atom. The highest BCUT2D eigenvalue weighted by atomic mass is 16.5. The standard InChI is InChI=1S/C21H26O2/c1-2-3-4-5-6-7-16-23-21-14-12-20(13-15-21)19-10-8-18(17-22)9-11-19/h8-15,17H,2-7,16H2,1H3. The Bertz CT molecular complexity index is 570. The number of carbonyl (C=O) groups excluding carboxylic acids is 1. The fourth-order valence-corrected chi connectivity index (χ4v) is 2.57. The number of hydrogen-bond donors (Lipinski definition) is 0. The number of rotatable bonds is 10. The zero-order valence-electron chi connectivity index (χ0n) is 14.0. The normalized spacial score (nSPS) is 10.5. The lowest BCUT2D eigenvalue weighted by molar-refractivity contribution is 0.112. The van der Waals surface area contributed by atoms with Crippen LogP contribution in [0.3, 0.4) is 0 Å². The van der Waals surface area contributed by atoms with Crippen LogP contribution in [0.15, 0.2) is 48.5 Å². The molecule has 0 saturated heterocycles. The number of benzene rings is 2. The van der Waals surface area contributed by atoms with E-state index in [1.807, 2.05) is 36.4 Å². The van der Waals surface area contributed by atoms with Gasteiger partial charge in [0.25, 0.3) is 0 Å². The van der Waals surface area contributed by atoms with Gasteiger partial charge < -0.3 is 4.74 Å². The van der Waals surface area contributed by atoms with Crippen molar-refractivity contribution in [2.24, 2.45) is 0 Å². The van der Waals surface area contributed by atoms with Gasteiger partial charge in [-0.05, 0) is 29.7 Å². The highest BCUT2D eigenvalue weighted by Crippen LogP contribution is 2.22. The van der Waals surface area contributed by atoms with E-state index < -0.39 is 0 Å². The minimum absolute atomic E-state index is 0.702. The Hall–Kier alpha value is -2.09. The Kier molecular flexibility index (Phi) is 7.38. The molecule has 0 unspecified atom stereocenters. The molecule has 2 aromatic rings. The predicted octanol–water partition coefficient (Wildman–Crippen LogP) is 5.91. The topological polar surface area (TPSA) is 26.3 Å². The van der Waals surface area contributed by atoms with Crippen molar-refractivity contribution >= 4 is 6.29 Å². The molecule has 23 heavy (non-hydrogen) atoms. The Balaban J connectivity index is 1.76. The molecular formula is C21H26O2. The second-order valence-electron chi connectivity index (χ2n) is 5.88. The molecule has 2 nitrogen and oxygen atoms in total. The average molecular weight is 310 g/mol. The van der Waals surface area contributed by atoms with Crippen LogP contribution in [0.5, 0.6) is 5.75 Å². The van der Waals surface area contributed by atoms with E-state index >= 15 is 0 Å². The summed E-state index contributed by atoms with van der Waals surface area (Å²) >= 11 is 0.